The quantitative estimate of drug-likeness (QED) is 0.523. The molecule has 3 heteroatoms. The first-order chi connectivity index (χ1) is 6.99. The maximum atomic E-state index is 11.7. The molecule has 0 heterocycles. The first-order valence-electron chi connectivity index (χ1n) is 5.85. The molecular formula is C12H25NO2. The molecular weight excluding hydrogens is 190 g/mol. The van der Waals surface area contributed by atoms with Gasteiger partial charge >= 0.3 is 5.97 Å². The van der Waals surface area contributed by atoms with Crippen LogP contribution in [0.25, 0.3) is 0 Å². The van der Waals surface area contributed by atoms with Crippen LogP contribution >= 0.6 is 0 Å². The third kappa shape index (κ3) is 6.50. The highest BCUT2D eigenvalue weighted by Gasteiger charge is 2.24. The third-order valence-electron chi connectivity index (χ3n) is 2.43. The van der Waals surface area contributed by atoms with E-state index >= 15 is 0 Å². The van der Waals surface area contributed by atoms with Gasteiger partial charge in [0.2, 0.25) is 0 Å². The molecule has 2 N–H and O–H groups in total. The lowest BCUT2D eigenvalue weighted by Crippen LogP contribution is -2.25. The summed E-state index contributed by atoms with van der Waals surface area (Å²) in [5.41, 5.74) is 5.34. The number of esters is 1. The molecule has 3 nitrogen and oxygen atoms in total. The lowest BCUT2D eigenvalue weighted by molar-refractivity contribution is -0.150. The highest BCUT2D eigenvalue weighted by Crippen LogP contribution is 2.21. The molecule has 1 unspecified atom stereocenters. The van der Waals surface area contributed by atoms with E-state index < -0.39 is 0 Å². The molecule has 0 saturated heterocycles. The monoisotopic (exact) mass is 215 g/mol. The maximum absolute atomic E-state index is 11.7. The minimum absolute atomic E-state index is 0.0303. The normalized spacial score (nSPS) is 13.3. The Bertz CT molecular complexity index is 178. The van der Waals surface area contributed by atoms with Crippen molar-refractivity contribution in [2.24, 2.45) is 23.5 Å². The minimum atomic E-state index is -0.0628. The number of rotatable bonds is 7. The average Bonchev–Trinajstić information content (AvgIpc) is 2.13. The van der Waals surface area contributed by atoms with Crippen LogP contribution in [0.5, 0.6) is 0 Å². The van der Waals surface area contributed by atoms with Crippen LogP contribution in [0.2, 0.25) is 0 Å². The molecule has 0 aromatic carbocycles. The SMILES string of the molecule is CC(C)CC(C(=O)OCCCN)C(C)C. The topological polar surface area (TPSA) is 52.3 Å². The first kappa shape index (κ1) is 14.4. The van der Waals surface area contributed by atoms with E-state index in [2.05, 4.69) is 27.7 Å². The van der Waals surface area contributed by atoms with E-state index in [0.717, 1.165) is 12.8 Å². The Morgan fingerprint density at radius 2 is 1.87 bits per heavy atom. The van der Waals surface area contributed by atoms with Crippen molar-refractivity contribution in [3.05, 3.63) is 0 Å². The fourth-order valence-corrected chi connectivity index (χ4v) is 1.51. The van der Waals surface area contributed by atoms with E-state index in [1.54, 1.807) is 0 Å². The van der Waals surface area contributed by atoms with Crippen LogP contribution in [0, 0.1) is 17.8 Å². The largest absolute Gasteiger partial charge is 0.465 e. The van der Waals surface area contributed by atoms with Gasteiger partial charge in [-0.3, -0.25) is 4.79 Å². The van der Waals surface area contributed by atoms with Crippen LogP contribution in [-0.4, -0.2) is 19.1 Å². The van der Waals surface area contributed by atoms with Crippen LogP contribution in [-0.2, 0) is 9.53 Å². The van der Waals surface area contributed by atoms with Gasteiger partial charge in [0, 0.05) is 0 Å². The summed E-state index contributed by atoms with van der Waals surface area (Å²) in [6, 6.07) is 0. The van der Waals surface area contributed by atoms with Crippen molar-refractivity contribution in [1.82, 2.24) is 0 Å². The Morgan fingerprint density at radius 1 is 1.27 bits per heavy atom. The van der Waals surface area contributed by atoms with Crippen LogP contribution in [0.15, 0.2) is 0 Å². The molecule has 0 aromatic rings. The summed E-state index contributed by atoms with van der Waals surface area (Å²) >= 11 is 0. The lowest BCUT2D eigenvalue weighted by atomic mass is 9.88. The molecule has 0 rings (SSSR count). The zero-order valence-electron chi connectivity index (χ0n) is 10.5. The van der Waals surface area contributed by atoms with E-state index in [-0.39, 0.29) is 11.9 Å². The van der Waals surface area contributed by atoms with Gasteiger partial charge in [0.1, 0.15) is 0 Å². The molecule has 0 fully saturated rings. The summed E-state index contributed by atoms with van der Waals surface area (Å²) < 4.78 is 5.19. The van der Waals surface area contributed by atoms with Gasteiger partial charge in [-0.15, -0.1) is 0 Å². The standard InChI is InChI=1S/C12H25NO2/c1-9(2)8-11(10(3)4)12(14)15-7-5-6-13/h9-11H,5-8,13H2,1-4H3. The zero-order chi connectivity index (χ0) is 11.8. The number of hydrogen-bond donors (Lipinski definition) is 1. The molecule has 0 saturated carbocycles. The van der Waals surface area contributed by atoms with Gasteiger partial charge in [-0.2, -0.15) is 0 Å². The van der Waals surface area contributed by atoms with E-state index in [1.807, 2.05) is 0 Å². The molecule has 0 aromatic heterocycles. The van der Waals surface area contributed by atoms with Gasteiger partial charge in [0.15, 0.2) is 0 Å². The summed E-state index contributed by atoms with van der Waals surface area (Å²) in [6.07, 6.45) is 1.65. The Kier molecular flexibility index (Phi) is 7.39. The maximum Gasteiger partial charge on any atom is 0.309 e. The zero-order valence-corrected chi connectivity index (χ0v) is 10.5. The molecule has 0 aliphatic rings. The number of carbonyl (C=O) groups excluding carboxylic acids is 1. The highest BCUT2D eigenvalue weighted by molar-refractivity contribution is 5.72. The minimum Gasteiger partial charge on any atom is -0.465 e. The Balaban J connectivity index is 4.05. The second kappa shape index (κ2) is 7.69. The van der Waals surface area contributed by atoms with Crippen molar-refractivity contribution in [3.63, 3.8) is 0 Å². The van der Waals surface area contributed by atoms with E-state index in [0.29, 0.717) is 25.0 Å². The average molecular weight is 215 g/mol. The second-order valence-electron chi connectivity index (χ2n) is 4.79. The van der Waals surface area contributed by atoms with Gasteiger partial charge < -0.3 is 10.5 Å². The van der Waals surface area contributed by atoms with Gasteiger partial charge in [-0.25, -0.2) is 0 Å². The molecule has 1 atom stereocenters. The van der Waals surface area contributed by atoms with Crippen molar-refractivity contribution in [2.75, 3.05) is 13.2 Å². The Morgan fingerprint density at radius 3 is 2.27 bits per heavy atom. The summed E-state index contributed by atoms with van der Waals surface area (Å²) in [7, 11) is 0. The van der Waals surface area contributed by atoms with E-state index in [9.17, 15) is 4.79 Å². The van der Waals surface area contributed by atoms with Crippen LogP contribution in [0.1, 0.15) is 40.5 Å². The van der Waals surface area contributed by atoms with Crippen molar-refractivity contribution in [2.45, 2.75) is 40.5 Å². The van der Waals surface area contributed by atoms with E-state index in [4.69, 9.17) is 10.5 Å². The molecule has 0 radical (unpaired) electrons. The molecule has 15 heavy (non-hydrogen) atoms. The molecule has 90 valence electrons. The first-order valence-corrected chi connectivity index (χ1v) is 5.85. The van der Waals surface area contributed by atoms with Gasteiger partial charge in [0.25, 0.3) is 0 Å². The number of nitrogens with two attached hydrogens (primary N) is 1. The molecule has 0 spiro atoms. The van der Waals surface area contributed by atoms with Crippen molar-refractivity contribution < 1.29 is 9.53 Å². The van der Waals surface area contributed by atoms with Crippen molar-refractivity contribution in [3.8, 4) is 0 Å². The molecule has 0 amide bonds. The summed E-state index contributed by atoms with van der Waals surface area (Å²) in [5, 5.41) is 0. The predicted molar refractivity (Wildman–Crippen MR) is 62.4 cm³/mol. The predicted octanol–water partition coefficient (Wildman–Crippen LogP) is 2.20. The third-order valence-corrected chi connectivity index (χ3v) is 2.43. The Hall–Kier alpha value is -0.570. The van der Waals surface area contributed by atoms with Gasteiger partial charge in [0.05, 0.1) is 12.5 Å². The summed E-state index contributed by atoms with van der Waals surface area (Å²) in [5.74, 6) is 0.840. The Labute approximate surface area is 93.4 Å². The molecule has 0 aliphatic carbocycles. The van der Waals surface area contributed by atoms with Crippen LogP contribution < -0.4 is 5.73 Å². The molecule has 0 aliphatic heterocycles. The van der Waals surface area contributed by atoms with E-state index in [1.165, 1.54) is 0 Å². The number of ether oxygens (including phenoxy) is 1. The molecule has 0 bridgehead atoms. The highest BCUT2D eigenvalue weighted by atomic mass is 16.5. The summed E-state index contributed by atoms with van der Waals surface area (Å²) in [4.78, 5) is 11.7. The number of hydrogen-bond acceptors (Lipinski definition) is 3. The number of carbonyl (C=O) groups is 1. The lowest BCUT2D eigenvalue weighted by Gasteiger charge is -2.21. The van der Waals surface area contributed by atoms with Gasteiger partial charge in [-0.05, 0) is 31.2 Å². The van der Waals surface area contributed by atoms with Crippen molar-refractivity contribution >= 4 is 5.97 Å². The fraction of sp³-hybridized carbons (Fsp3) is 0.917. The van der Waals surface area contributed by atoms with Gasteiger partial charge in [-0.1, -0.05) is 27.7 Å². The van der Waals surface area contributed by atoms with Crippen LogP contribution in [0.4, 0.5) is 0 Å². The van der Waals surface area contributed by atoms with Crippen molar-refractivity contribution in [1.29, 1.82) is 0 Å². The van der Waals surface area contributed by atoms with Crippen LogP contribution in [0.3, 0.4) is 0 Å². The summed E-state index contributed by atoms with van der Waals surface area (Å²) in [6.45, 7) is 9.42. The fourth-order valence-electron chi connectivity index (χ4n) is 1.51. The second-order valence-corrected chi connectivity index (χ2v) is 4.79. The smallest absolute Gasteiger partial charge is 0.309 e.